The van der Waals surface area contributed by atoms with Gasteiger partial charge in [0.1, 0.15) is 0 Å². The molecule has 2 aromatic rings. The van der Waals surface area contributed by atoms with Crippen LogP contribution in [0.25, 0.3) is 11.3 Å². The number of nitrogens with zero attached hydrogens (tertiary/aromatic N) is 2. The molecule has 1 aromatic heterocycles. The summed E-state index contributed by atoms with van der Waals surface area (Å²) in [4.78, 5) is 20.1. The summed E-state index contributed by atoms with van der Waals surface area (Å²) in [5.74, 6) is 0.469. The number of H-pyrrole nitrogens is 1. The van der Waals surface area contributed by atoms with Gasteiger partial charge in [-0.15, -0.1) is 0 Å². The molecule has 0 aliphatic rings. The molecule has 0 spiro atoms. The van der Waals surface area contributed by atoms with E-state index < -0.39 is 6.09 Å². The van der Waals surface area contributed by atoms with E-state index >= 15 is 0 Å². The van der Waals surface area contributed by atoms with Crippen molar-refractivity contribution in [1.29, 1.82) is 0 Å². The van der Waals surface area contributed by atoms with E-state index in [1.54, 1.807) is 39.6 Å². The molecule has 1 amide bonds. The first-order valence-corrected chi connectivity index (χ1v) is 5.76. The number of nitrogens with one attached hydrogen (secondary N) is 1. The number of benzene rings is 1. The molecule has 6 heteroatoms. The minimum absolute atomic E-state index is 0.428. The molecule has 0 unspecified atom stereocenters. The predicted molar refractivity (Wildman–Crippen MR) is 76.2 cm³/mol. The van der Waals surface area contributed by atoms with Gasteiger partial charge in [-0.1, -0.05) is 0 Å². The van der Waals surface area contributed by atoms with E-state index in [1.165, 1.54) is 4.90 Å². The number of carbonyl (C=O) groups is 1. The van der Waals surface area contributed by atoms with Gasteiger partial charge in [0.05, 0.1) is 0 Å². The SMILES string of the molecule is C=Bc1ccc(OC(=O)N(C)C)c(-c2c[nH]cn2)c1. The monoisotopic (exact) mass is 255 g/mol. The Morgan fingerprint density at radius 3 is 2.84 bits per heavy atom. The van der Waals surface area contributed by atoms with Crippen LogP contribution in [0.1, 0.15) is 0 Å². The Morgan fingerprint density at radius 2 is 2.26 bits per heavy atom. The van der Waals surface area contributed by atoms with E-state index in [0.717, 1.165) is 11.0 Å². The second-order valence-corrected chi connectivity index (χ2v) is 4.18. The number of aromatic amines is 1. The van der Waals surface area contributed by atoms with E-state index in [4.69, 9.17) is 4.74 Å². The van der Waals surface area contributed by atoms with Gasteiger partial charge < -0.3 is 0 Å². The van der Waals surface area contributed by atoms with Crippen LogP contribution < -0.4 is 10.2 Å². The fraction of sp³-hybridized carbons (Fsp3) is 0.154. The van der Waals surface area contributed by atoms with Crippen LogP contribution >= 0.6 is 0 Å². The van der Waals surface area contributed by atoms with Crippen LogP contribution in [-0.4, -0.2) is 48.4 Å². The van der Waals surface area contributed by atoms with Crippen LogP contribution in [0.3, 0.4) is 0 Å². The minimum atomic E-state index is -0.428. The standard InChI is InChI=1S/C13H14BN3O2/c1-14-9-4-5-12(19-13(18)17(2)3)10(6-9)11-7-15-8-16-11/h4-8H,1H2,2-3H3,(H,15,16). The first-order chi connectivity index (χ1) is 9.11. The Labute approximate surface area is 112 Å². The fourth-order valence-electron chi connectivity index (χ4n) is 1.56. The van der Waals surface area contributed by atoms with Crippen molar-refractivity contribution in [3.63, 3.8) is 0 Å². The maximum absolute atomic E-state index is 11.6. The van der Waals surface area contributed by atoms with Gasteiger partial charge in [-0.05, 0) is 0 Å². The Kier molecular flexibility index (Phi) is 3.80. The number of amides is 1. The van der Waals surface area contributed by atoms with Crippen LogP contribution in [-0.2, 0) is 0 Å². The third kappa shape index (κ3) is 2.90. The van der Waals surface area contributed by atoms with Crippen LogP contribution in [0.4, 0.5) is 4.79 Å². The molecule has 0 aliphatic heterocycles. The molecule has 19 heavy (non-hydrogen) atoms. The van der Waals surface area contributed by atoms with Crippen molar-refractivity contribution in [2.75, 3.05) is 14.1 Å². The number of ether oxygens (including phenoxy) is 1. The molecule has 0 saturated carbocycles. The third-order valence-electron chi connectivity index (χ3n) is 2.58. The van der Waals surface area contributed by atoms with Gasteiger partial charge in [-0.25, -0.2) is 0 Å². The van der Waals surface area contributed by atoms with E-state index in [0.29, 0.717) is 11.4 Å². The number of aromatic nitrogens is 2. The van der Waals surface area contributed by atoms with Gasteiger partial charge in [0.15, 0.2) is 0 Å². The average molecular weight is 255 g/mol. The van der Waals surface area contributed by atoms with E-state index in [2.05, 4.69) is 16.4 Å². The number of hydrogen-bond donors (Lipinski definition) is 1. The summed E-state index contributed by atoms with van der Waals surface area (Å²) in [7, 11) is 3.27. The summed E-state index contributed by atoms with van der Waals surface area (Å²) in [5.41, 5.74) is 2.39. The first-order valence-electron chi connectivity index (χ1n) is 5.76. The normalized spacial score (nSPS) is 9.79. The van der Waals surface area contributed by atoms with Crippen molar-refractivity contribution in [2.45, 2.75) is 0 Å². The molecule has 0 saturated heterocycles. The van der Waals surface area contributed by atoms with Gasteiger partial charge in [0.25, 0.3) is 0 Å². The van der Waals surface area contributed by atoms with Crippen molar-refractivity contribution in [2.24, 2.45) is 0 Å². The number of imidazole rings is 1. The van der Waals surface area contributed by atoms with Crippen LogP contribution in [0.5, 0.6) is 5.75 Å². The van der Waals surface area contributed by atoms with E-state index in [9.17, 15) is 4.79 Å². The second kappa shape index (κ2) is 5.52. The molecule has 1 aromatic carbocycles. The maximum atomic E-state index is 11.6. The van der Waals surface area contributed by atoms with Crippen molar-refractivity contribution >= 4 is 24.9 Å². The van der Waals surface area contributed by atoms with Crippen molar-refractivity contribution in [3.8, 4) is 17.0 Å². The molecule has 0 bridgehead atoms. The third-order valence-corrected chi connectivity index (χ3v) is 2.58. The molecule has 2 rings (SSSR count). The van der Waals surface area contributed by atoms with Crippen LogP contribution in [0.15, 0.2) is 30.7 Å². The molecule has 1 N–H and O–H groups in total. The zero-order valence-electron chi connectivity index (χ0n) is 10.9. The zero-order chi connectivity index (χ0) is 13.8. The number of rotatable bonds is 3. The molecule has 0 fully saturated rings. The van der Waals surface area contributed by atoms with Gasteiger partial charge >= 0.3 is 111 Å². The van der Waals surface area contributed by atoms with E-state index in [-0.39, 0.29) is 0 Å². The molecule has 0 radical (unpaired) electrons. The Balaban J connectivity index is 2.43. The average Bonchev–Trinajstić information content (AvgIpc) is 2.92. The van der Waals surface area contributed by atoms with Crippen LogP contribution in [0, 0.1) is 0 Å². The molecule has 1 heterocycles. The summed E-state index contributed by atoms with van der Waals surface area (Å²) >= 11 is 0. The number of carbonyl (C=O) groups excluding carboxylic acids is 1. The van der Waals surface area contributed by atoms with Crippen molar-refractivity contribution < 1.29 is 9.53 Å². The first kappa shape index (κ1) is 13.1. The van der Waals surface area contributed by atoms with Gasteiger partial charge in [-0.2, -0.15) is 0 Å². The van der Waals surface area contributed by atoms with Gasteiger partial charge in [0, 0.05) is 0 Å². The van der Waals surface area contributed by atoms with Crippen molar-refractivity contribution in [1.82, 2.24) is 14.9 Å². The molecular formula is C13H14BN3O2. The quantitative estimate of drug-likeness (QED) is 0.829. The fourth-order valence-corrected chi connectivity index (χ4v) is 1.56. The molecule has 5 nitrogen and oxygen atoms in total. The molecule has 96 valence electrons. The molecular weight excluding hydrogens is 241 g/mol. The molecule has 0 atom stereocenters. The number of hydrogen-bond acceptors (Lipinski definition) is 3. The summed E-state index contributed by atoms with van der Waals surface area (Å²) in [6, 6.07) is 5.45. The van der Waals surface area contributed by atoms with Gasteiger partial charge in [0.2, 0.25) is 0 Å². The Bertz CT molecular complexity index is 594. The molecule has 0 aliphatic carbocycles. The zero-order valence-corrected chi connectivity index (χ0v) is 10.9. The van der Waals surface area contributed by atoms with Crippen LogP contribution in [0.2, 0.25) is 0 Å². The van der Waals surface area contributed by atoms with Crippen molar-refractivity contribution in [3.05, 3.63) is 30.7 Å². The topological polar surface area (TPSA) is 58.2 Å². The summed E-state index contributed by atoms with van der Waals surface area (Å²) in [6.07, 6.45) is 2.89. The van der Waals surface area contributed by atoms with Gasteiger partial charge in [-0.3, -0.25) is 0 Å². The second-order valence-electron chi connectivity index (χ2n) is 4.18. The Hall–Kier alpha value is -2.37. The van der Waals surface area contributed by atoms with E-state index in [1.807, 2.05) is 12.1 Å². The summed E-state index contributed by atoms with van der Waals surface area (Å²) < 4.78 is 5.33. The summed E-state index contributed by atoms with van der Waals surface area (Å²) in [5, 5.41) is 0. The Morgan fingerprint density at radius 1 is 1.47 bits per heavy atom. The summed E-state index contributed by atoms with van der Waals surface area (Å²) in [6.45, 7) is 5.46. The predicted octanol–water partition coefficient (Wildman–Crippen LogP) is 0.899.